The Labute approximate surface area is 164 Å². The van der Waals surface area contributed by atoms with Crippen molar-refractivity contribution >= 4 is 29.7 Å². The summed E-state index contributed by atoms with van der Waals surface area (Å²) in [6, 6.07) is 6.08. The number of carboxylic acid groups (broad SMARTS) is 2. The highest BCUT2D eigenvalue weighted by Gasteiger charge is 2.32. The van der Waals surface area contributed by atoms with Gasteiger partial charge in [-0.1, -0.05) is 12.1 Å². The molecule has 0 atom stereocenters. The van der Waals surface area contributed by atoms with Gasteiger partial charge in [0.05, 0.1) is 0 Å². The zero-order chi connectivity index (χ0) is 21.6. The Balaban J connectivity index is 2.04. The number of carbonyl (C=O) groups excluding carboxylic acids is 3. The van der Waals surface area contributed by atoms with Crippen LogP contribution in [0.1, 0.15) is 22.3 Å². The van der Waals surface area contributed by atoms with Crippen LogP contribution in [0.15, 0.2) is 35.6 Å². The van der Waals surface area contributed by atoms with Crippen LogP contribution in [0.3, 0.4) is 0 Å². The van der Waals surface area contributed by atoms with E-state index in [1.165, 1.54) is 17.0 Å². The number of carboxylic acids is 2. The molecule has 0 saturated carbocycles. The summed E-state index contributed by atoms with van der Waals surface area (Å²) in [5, 5.41) is 31.3. The molecule has 0 spiro atoms. The first-order valence-corrected chi connectivity index (χ1v) is 8.49. The minimum atomic E-state index is -1.29. The van der Waals surface area contributed by atoms with Gasteiger partial charge in [0, 0.05) is 25.1 Å². The Kier molecular flexibility index (Phi) is 6.90. The molecule has 1 aliphatic rings. The van der Waals surface area contributed by atoms with Crippen LogP contribution < -0.4 is 10.6 Å². The maximum atomic E-state index is 12.5. The van der Waals surface area contributed by atoms with Crippen LogP contribution in [0.2, 0.25) is 0 Å². The molecule has 0 radical (unpaired) electrons. The van der Waals surface area contributed by atoms with Gasteiger partial charge in [0.25, 0.3) is 17.7 Å². The largest absolute Gasteiger partial charge is 0.511 e. The van der Waals surface area contributed by atoms with Gasteiger partial charge in [-0.25, -0.2) is 0 Å². The summed E-state index contributed by atoms with van der Waals surface area (Å²) >= 11 is 0. The molecule has 0 fully saturated rings. The van der Waals surface area contributed by atoms with Crippen molar-refractivity contribution in [3.63, 3.8) is 0 Å². The van der Waals surface area contributed by atoms with E-state index >= 15 is 0 Å². The van der Waals surface area contributed by atoms with Crippen LogP contribution in [-0.2, 0) is 25.7 Å². The normalized spacial score (nSPS) is 13.8. The van der Waals surface area contributed by atoms with E-state index in [4.69, 9.17) is 10.2 Å². The maximum absolute atomic E-state index is 12.5. The lowest BCUT2D eigenvalue weighted by atomic mass is 10.0. The molecule has 1 aromatic carbocycles. The first-order valence-electron chi connectivity index (χ1n) is 8.49. The highest BCUT2D eigenvalue weighted by molar-refractivity contribution is 6.19. The lowest BCUT2D eigenvalue weighted by molar-refractivity contribution is -0.138. The number of nitrogens with zero attached hydrogens (tertiary/aromatic N) is 1. The molecule has 11 nitrogen and oxygen atoms in total. The topological polar surface area (TPSA) is 173 Å². The van der Waals surface area contributed by atoms with Gasteiger partial charge in [-0.3, -0.25) is 24.0 Å². The number of aliphatic hydroxyl groups is 1. The lowest BCUT2D eigenvalue weighted by Gasteiger charge is -2.28. The molecule has 0 aliphatic carbocycles. The Morgan fingerprint density at radius 1 is 0.931 bits per heavy atom. The van der Waals surface area contributed by atoms with Gasteiger partial charge >= 0.3 is 11.9 Å². The molecular formula is C18H19N3O8. The van der Waals surface area contributed by atoms with E-state index in [0.29, 0.717) is 5.56 Å². The number of rotatable bonds is 8. The summed E-state index contributed by atoms with van der Waals surface area (Å²) in [5.74, 6) is -5.12. The van der Waals surface area contributed by atoms with E-state index < -0.39 is 54.1 Å². The molecule has 29 heavy (non-hydrogen) atoms. The van der Waals surface area contributed by atoms with Crippen molar-refractivity contribution in [3.8, 4) is 0 Å². The molecule has 0 saturated heterocycles. The van der Waals surface area contributed by atoms with Crippen LogP contribution in [0, 0.1) is 0 Å². The summed E-state index contributed by atoms with van der Waals surface area (Å²) < 4.78 is 0. The fraction of sp³-hybridized carbons (Fsp3) is 0.278. The van der Waals surface area contributed by atoms with Crippen LogP contribution in [-0.4, -0.2) is 69.5 Å². The first-order chi connectivity index (χ1) is 13.7. The molecule has 0 unspecified atom stereocenters. The summed E-state index contributed by atoms with van der Waals surface area (Å²) in [5.41, 5.74) is 0.383. The molecule has 3 amide bonds. The predicted molar refractivity (Wildman–Crippen MR) is 96.7 cm³/mol. The molecule has 1 aromatic rings. The van der Waals surface area contributed by atoms with Crippen molar-refractivity contribution in [1.82, 2.24) is 15.5 Å². The second kappa shape index (κ2) is 9.35. The molecule has 0 aromatic heterocycles. The number of benzene rings is 1. The number of aliphatic hydroxyl groups excluding tert-OH is 1. The molecule has 154 valence electrons. The zero-order valence-corrected chi connectivity index (χ0v) is 15.2. The van der Waals surface area contributed by atoms with Gasteiger partial charge in [-0.2, -0.15) is 0 Å². The van der Waals surface area contributed by atoms with E-state index in [0.717, 1.165) is 0 Å². The number of amides is 3. The van der Waals surface area contributed by atoms with Gasteiger partial charge in [0.15, 0.2) is 0 Å². The predicted octanol–water partition coefficient (Wildman–Crippen LogP) is -0.754. The average molecular weight is 405 g/mol. The van der Waals surface area contributed by atoms with E-state index in [-0.39, 0.29) is 25.1 Å². The minimum absolute atomic E-state index is 0.0389. The van der Waals surface area contributed by atoms with Gasteiger partial charge in [0.2, 0.25) is 0 Å². The van der Waals surface area contributed by atoms with Gasteiger partial charge in [-0.15, -0.1) is 0 Å². The van der Waals surface area contributed by atoms with Crippen LogP contribution in [0.4, 0.5) is 0 Å². The van der Waals surface area contributed by atoms with E-state index in [2.05, 4.69) is 5.32 Å². The monoisotopic (exact) mass is 405 g/mol. The number of carbonyl (C=O) groups is 5. The van der Waals surface area contributed by atoms with Gasteiger partial charge in [-0.05, 0) is 17.7 Å². The van der Waals surface area contributed by atoms with Crippen molar-refractivity contribution in [1.29, 1.82) is 0 Å². The Morgan fingerprint density at radius 3 is 2.03 bits per heavy atom. The Bertz CT molecular complexity index is 876. The van der Waals surface area contributed by atoms with Crippen molar-refractivity contribution in [3.05, 3.63) is 46.7 Å². The smallest absolute Gasteiger partial charge is 0.322 e. The van der Waals surface area contributed by atoms with Crippen molar-refractivity contribution < 1.29 is 39.3 Å². The third kappa shape index (κ3) is 5.79. The molecular weight excluding hydrogens is 386 g/mol. The van der Waals surface area contributed by atoms with Crippen molar-refractivity contribution in [2.24, 2.45) is 0 Å². The maximum Gasteiger partial charge on any atom is 0.322 e. The molecule has 11 heteroatoms. The quantitative estimate of drug-likeness (QED) is 0.351. The van der Waals surface area contributed by atoms with Gasteiger partial charge < -0.3 is 30.9 Å². The number of hydrogen-bond donors (Lipinski definition) is 5. The second-order valence-electron chi connectivity index (χ2n) is 6.15. The Hall–Kier alpha value is -3.89. The van der Waals surface area contributed by atoms with E-state index in [1.807, 2.05) is 5.32 Å². The van der Waals surface area contributed by atoms with Crippen molar-refractivity contribution in [2.45, 2.75) is 13.0 Å². The average Bonchev–Trinajstić information content (AvgIpc) is 2.67. The van der Waals surface area contributed by atoms with Gasteiger partial charge in [0.1, 0.15) is 24.4 Å². The van der Waals surface area contributed by atoms with Crippen molar-refractivity contribution in [2.75, 3.05) is 19.6 Å². The third-order valence-corrected chi connectivity index (χ3v) is 4.03. The summed E-state index contributed by atoms with van der Waals surface area (Å²) in [6.07, 6.45) is 0.0389. The molecule has 2 rings (SSSR count). The number of aliphatic carboxylic acids is 2. The summed E-state index contributed by atoms with van der Waals surface area (Å²) in [7, 11) is 0. The fourth-order valence-electron chi connectivity index (χ4n) is 2.61. The van der Waals surface area contributed by atoms with E-state index in [1.54, 1.807) is 12.1 Å². The third-order valence-electron chi connectivity index (χ3n) is 4.03. The highest BCUT2D eigenvalue weighted by atomic mass is 16.4. The first kappa shape index (κ1) is 21.4. The Morgan fingerprint density at radius 2 is 1.48 bits per heavy atom. The summed E-state index contributed by atoms with van der Waals surface area (Å²) in [4.78, 5) is 58.7. The van der Waals surface area contributed by atoms with Crippen LogP contribution in [0.5, 0.6) is 0 Å². The molecule has 1 aliphatic heterocycles. The molecule has 5 N–H and O–H groups in total. The highest BCUT2D eigenvalue weighted by Crippen LogP contribution is 2.20. The van der Waals surface area contributed by atoms with Crippen LogP contribution in [0.25, 0.3) is 0 Å². The standard InChI is InChI=1S/C18H19N3O8/c22-12-5-6-21(18(29)15(12)17(28)20-8-14(25)26)9-10-1-3-11(4-2-10)16(27)19-7-13(23)24/h1-4,22H,5-9H2,(H,19,27)(H,20,28)(H,23,24)(H,25,26). The van der Waals surface area contributed by atoms with E-state index in [9.17, 15) is 29.1 Å². The second-order valence-corrected chi connectivity index (χ2v) is 6.15. The molecule has 1 heterocycles. The lowest BCUT2D eigenvalue weighted by Crippen LogP contribution is -2.43. The SMILES string of the molecule is O=C(O)CNC(=O)C1=C(O)CCN(Cc2ccc(C(=O)NCC(=O)O)cc2)C1=O. The van der Waals surface area contributed by atoms with Crippen LogP contribution >= 0.6 is 0 Å². The summed E-state index contributed by atoms with van der Waals surface area (Å²) in [6.45, 7) is -0.945. The number of hydrogen-bond acceptors (Lipinski definition) is 6. The minimum Gasteiger partial charge on any atom is -0.511 e. The molecule has 0 bridgehead atoms. The fourth-order valence-corrected chi connectivity index (χ4v) is 2.61. The number of nitrogens with one attached hydrogen (secondary N) is 2. The zero-order valence-electron chi connectivity index (χ0n) is 15.2.